The molecular formula is C13H17N5S. The molecule has 1 aliphatic heterocycles. The van der Waals surface area contributed by atoms with Gasteiger partial charge in [-0.05, 0) is 24.6 Å². The first-order chi connectivity index (χ1) is 9.22. The van der Waals surface area contributed by atoms with Crippen LogP contribution >= 0.6 is 11.5 Å². The van der Waals surface area contributed by atoms with Crippen LogP contribution in [0.4, 0.5) is 16.8 Å². The summed E-state index contributed by atoms with van der Waals surface area (Å²) in [6.45, 7) is 6.06. The largest absolute Gasteiger partial charge is 0.368 e. The Morgan fingerprint density at radius 3 is 2.53 bits per heavy atom. The molecule has 2 N–H and O–H groups in total. The summed E-state index contributed by atoms with van der Waals surface area (Å²) in [6, 6.07) is 8.65. The average Bonchev–Trinajstić information content (AvgIpc) is 2.86. The molecule has 1 fully saturated rings. The molecule has 3 rings (SSSR count). The summed E-state index contributed by atoms with van der Waals surface area (Å²) in [6.07, 6.45) is 0. The Balaban J connectivity index is 1.66. The molecule has 1 saturated heterocycles. The fourth-order valence-corrected chi connectivity index (χ4v) is 2.98. The Hall–Kier alpha value is -1.82. The van der Waals surface area contributed by atoms with Gasteiger partial charge < -0.3 is 15.5 Å². The van der Waals surface area contributed by atoms with E-state index in [1.807, 2.05) is 0 Å². The highest BCUT2D eigenvalue weighted by atomic mass is 32.1. The zero-order valence-corrected chi connectivity index (χ0v) is 11.7. The van der Waals surface area contributed by atoms with Crippen LogP contribution < -0.4 is 15.5 Å². The summed E-state index contributed by atoms with van der Waals surface area (Å²) in [7, 11) is 0. The molecular weight excluding hydrogens is 258 g/mol. The molecule has 5 nitrogen and oxygen atoms in total. The van der Waals surface area contributed by atoms with E-state index in [0.717, 1.165) is 31.3 Å². The highest BCUT2D eigenvalue weighted by Crippen LogP contribution is 2.22. The van der Waals surface area contributed by atoms with Crippen LogP contribution in [0, 0.1) is 6.92 Å². The quantitative estimate of drug-likeness (QED) is 0.905. The van der Waals surface area contributed by atoms with Crippen molar-refractivity contribution in [1.82, 2.24) is 9.36 Å². The molecule has 0 radical (unpaired) electrons. The number of nitrogens with two attached hydrogens (primary N) is 1. The maximum atomic E-state index is 5.57. The maximum absolute atomic E-state index is 5.57. The van der Waals surface area contributed by atoms with Gasteiger partial charge in [-0.25, -0.2) is 0 Å². The lowest BCUT2D eigenvalue weighted by atomic mass is 10.2. The lowest BCUT2D eigenvalue weighted by molar-refractivity contribution is 0.652. The van der Waals surface area contributed by atoms with Crippen molar-refractivity contribution in [2.75, 3.05) is 41.7 Å². The Morgan fingerprint density at radius 2 is 1.89 bits per heavy atom. The molecule has 1 aliphatic rings. The fraction of sp³-hybridized carbons (Fsp3) is 0.385. The number of aryl methyl sites for hydroxylation is 1. The molecule has 0 atom stereocenters. The normalized spacial score (nSPS) is 15.8. The third kappa shape index (κ3) is 2.63. The SMILES string of the molecule is Cc1cccc(N2CCN(c3nc(N)ns3)CC2)c1. The number of aromatic nitrogens is 2. The standard InChI is InChI=1S/C13H17N5S/c1-10-3-2-4-11(9-10)17-5-7-18(8-6-17)13-15-12(14)16-19-13/h2-4,9H,5-8H2,1H3,(H2,14,16). The smallest absolute Gasteiger partial charge is 0.233 e. The molecule has 0 aliphatic carbocycles. The summed E-state index contributed by atoms with van der Waals surface area (Å²) in [5.41, 5.74) is 8.18. The second-order valence-electron chi connectivity index (χ2n) is 4.75. The van der Waals surface area contributed by atoms with E-state index < -0.39 is 0 Å². The van der Waals surface area contributed by atoms with Crippen LogP contribution in [0.15, 0.2) is 24.3 Å². The Bertz CT molecular complexity index is 560. The Morgan fingerprint density at radius 1 is 1.16 bits per heavy atom. The van der Waals surface area contributed by atoms with Crippen LogP contribution in [-0.2, 0) is 0 Å². The van der Waals surface area contributed by atoms with Gasteiger partial charge in [-0.3, -0.25) is 0 Å². The van der Waals surface area contributed by atoms with Crippen molar-refractivity contribution in [2.24, 2.45) is 0 Å². The minimum atomic E-state index is 0.376. The third-order valence-electron chi connectivity index (χ3n) is 3.35. The molecule has 1 aromatic carbocycles. The molecule has 2 aromatic rings. The van der Waals surface area contributed by atoms with Crippen LogP contribution in [-0.4, -0.2) is 35.5 Å². The third-order valence-corrected chi connectivity index (χ3v) is 4.14. The number of hydrogen-bond donors (Lipinski definition) is 1. The van der Waals surface area contributed by atoms with Crippen LogP contribution in [0.2, 0.25) is 0 Å². The number of nitrogens with zero attached hydrogens (tertiary/aromatic N) is 4. The lowest BCUT2D eigenvalue weighted by Crippen LogP contribution is -2.46. The summed E-state index contributed by atoms with van der Waals surface area (Å²) in [5, 5.41) is 0.932. The summed E-state index contributed by atoms with van der Waals surface area (Å²) in [4.78, 5) is 8.90. The van der Waals surface area contributed by atoms with Crippen molar-refractivity contribution in [3.63, 3.8) is 0 Å². The fourth-order valence-electron chi connectivity index (χ4n) is 2.34. The van der Waals surface area contributed by atoms with Crippen LogP contribution in [0.5, 0.6) is 0 Å². The van der Waals surface area contributed by atoms with E-state index in [4.69, 9.17) is 5.73 Å². The van der Waals surface area contributed by atoms with Gasteiger partial charge in [0, 0.05) is 43.4 Å². The lowest BCUT2D eigenvalue weighted by Gasteiger charge is -2.35. The molecule has 0 saturated carbocycles. The summed E-state index contributed by atoms with van der Waals surface area (Å²) in [5.74, 6) is 0.376. The number of benzene rings is 1. The van der Waals surface area contributed by atoms with E-state index in [1.54, 1.807) is 0 Å². The predicted molar refractivity (Wildman–Crippen MR) is 79.9 cm³/mol. The molecule has 0 unspecified atom stereocenters. The van der Waals surface area contributed by atoms with E-state index in [-0.39, 0.29) is 0 Å². The zero-order valence-electron chi connectivity index (χ0n) is 10.9. The minimum Gasteiger partial charge on any atom is -0.368 e. The number of piperazine rings is 1. The van der Waals surface area contributed by atoms with Gasteiger partial charge in [0.05, 0.1) is 0 Å². The second kappa shape index (κ2) is 5.05. The van der Waals surface area contributed by atoms with Crippen molar-refractivity contribution in [1.29, 1.82) is 0 Å². The van der Waals surface area contributed by atoms with Crippen LogP contribution in [0.3, 0.4) is 0 Å². The number of hydrogen-bond acceptors (Lipinski definition) is 6. The molecule has 0 spiro atoms. The van der Waals surface area contributed by atoms with Crippen molar-refractivity contribution in [3.05, 3.63) is 29.8 Å². The summed E-state index contributed by atoms with van der Waals surface area (Å²) >= 11 is 1.38. The van der Waals surface area contributed by atoms with Gasteiger partial charge in [0.15, 0.2) is 0 Å². The van der Waals surface area contributed by atoms with Crippen molar-refractivity contribution in [3.8, 4) is 0 Å². The first-order valence-electron chi connectivity index (χ1n) is 6.38. The first-order valence-corrected chi connectivity index (χ1v) is 7.15. The number of rotatable bonds is 2. The molecule has 0 amide bonds. The molecule has 6 heteroatoms. The highest BCUT2D eigenvalue weighted by Gasteiger charge is 2.19. The van der Waals surface area contributed by atoms with Gasteiger partial charge in [-0.1, -0.05) is 12.1 Å². The minimum absolute atomic E-state index is 0.376. The van der Waals surface area contributed by atoms with E-state index >= 15 is 0 Å². The van der Waals surface area contributed by atoms with Gasteiger partial charge in [-0.15, -0.1) is 0 Å². The van der Waals surface area contributed by atoms with Crippen LogP contribution in [0.1, 0.15) is 5.56 Å². The van der Waals surface area contributed by atoms with Gasteiger partial charge in [0.1, 0.15) is 0 Å². The molecule has 19 heavy (non-hydrogen) atoms. The van der Waals surface area contributed by atoms with Gasteiger partial charge in [-0.2, -0.15) is 9.36 Å². The Kier molecular flexibility index (Phi) is 3.25. The van der Waals surface area contributed by atoms with E-state index in [0.29, 0.717) is 5.95 Å². The molecule has 2 heterocycles. The van der Waals surface area contributed by atoms with Crippen molar-refractivity contribution in [2.45, 2.75) is 6.92 Å². The van der Waals surface area contributed by atoms with E-state index in [9.17, 15) is 0 Å². The Labute approximate surface area is 116 Å². The first kappa shape index (κ1) is 12.2. The topological polar surface area (TPSA) is 58.3 Å². The zero-order chi connectivity index (χ0) is 13.2. The van der Waals surface area contributed by atoms with E-state index in [1.165, 1.54) is 22.8 Å². The van der Waals surface area contributed by atoms with Crippen LogP contribution in [0.25, 0.3) is 0 Å². The maximum Gasteiger partial charge on any atom is 0.233 e. The molecule has 0 bridgehead atoms. The van der Waals surface area contributed by atoms with Gasteiger partial charge >= 0.3 is 0 Å². The van der Waals surface area contributed by atoms with Gasteiger partial charge in [0.2, 0.25) is 11.1 Å². The summed E-state index contributed by atoms with van der Waals surface area (Å²) < 4.78 is 4.03. The monoisotopic (exact) mass is 275 g/mol. The van der Waals surface area contributed by atoms with Gasteiger partial charge in [0.25, 0.3) is 0 Å². The number of anilines is 3. The van der Waals surface area contributed by atoms with E-state index in [2.05, 4.69) is 50.3 Å². The van der Waals surface area contributed by atoms with Crippen molar-refractivity contribution >= 4 is 28.3 Å². The average molecular weight is 275 g/mol. The molecule has 1 aromatic heterocycles. The number of nitrogen functional groups attached to an aromatic ring is 1. The highest BCUT2D eigenvalue weighted by molar-refractivity contribution is 7.09. The van der Waals surface area contributed by atoms with Crippen molar-refractivity contribution < 1.29 is 0 Å². The molecule has 100 valence electrons. The predicted octanol–water partition coefficient (Wildman–Crippen LogP) is 1.76. The second-order valence-corrected chi connectivity index (χ2v) is 5.48.